The zero-order valence-electron chi connectivity index (χ0n) is 19.9. The van der Waals surface area contributed by atoms with Gasteiger partial charge < -0.3 is 9.84 Å². The lowest BCUT2D eigenvalue weighted by atomic mass is 9.46. The summed E-state index contributed by atoms with van der Waals surface area (Å²) in [6.07, 6.45) is 9.29. The molecule has 3 saturated carbocycles. The number of thioether (sulfide) groups is 1. The molecule has 7 atom stereocenters. The van der Waals surface area contributed by atoms with Gasteiger partial charge in [-0.05, 0) is 86.0 Å². The summed E-state index contributed by atoms with van der Waals surface area (Å²) in [5.74, 6) is 1.15. The highest BCUT2D eigenvalue weighted by atomic mass is 32.2. The van der Waals surface area contributed by atoms with Crippen LogP contribution < -0.4 is 0 Å². The van der Waals surface area contributed by atoms with Gasteiger partial charge in [-0.1, -0.05) is 31.2 Å². The van der Waals surface area contributed by atoms with Gasteiger partial charge in [0.05, 0.1) is 12.2 Å². The monoisotopic (exact) mass is 462 g/mol. The van der Waals surface area contributed by atoms with Crippen LogP contribution in [-0.4, -0.2) is 39.4 Å². The number of esters is 1. The fourth-order valence-corrected chi connectivity index (χ4v) is 9.16. The Balaban J connectivity index is 1.62. The average Bonchev–Trinajstić information content (AvgIpc) is 2.97. The van der Waals surface area contributed by atoms with Crippen molar-refractivity contribution in [2.75, 3.05) is 6.61 Å². The molecule has 0 aromatic carbocycles. The highest BCUT2D eigenvalue weighted by molar-refractivity contribution is 8.14. The molecule has 0 heterocycles. The maximum atomic E-state index is 12.2. The molecule has 2 unspecified atom stereocenters. The predicted molar refractivity (Wildman–Crippen MR) is 125 cm³/mol. The Morgan fingerprint density at radius 3 is 2.56 bits per heavy atom. The summed E-state index contributed by atoms with van der Waals surface area (Å²) < 4.78 is 5.12. The summed E-state index contributed by atoms with van der Waals surface area (Å²) in [5, 5.41) is 12.1. The highest BCUT2D eigenvalue weighted by Gasteiger charge is 2.65. The molecule has 3 fully saturated rings. The van der Waals surface area contributed by atoms with Gasteiger partial charge in [-0.25, -0.2) is 0 Å². The van der Waals surface area contributed by atoms with Gasteiger partial charge in [0.15, 0.2) is 10.9 Å². The largest absolute Gasteiger partial charge is 0.466 e. The Labute approximate surface area is 196 Å². The summed E-state index contributed by atoms with van der Waals surface area (Å²) in [4.78, 5) is 35.5. The fraction of sp³-hybridized carbons (Fsp3) is 0.808. The quantitative estimate of drug-likeness (QED) is 0.465. The van der Waals surface area contributed by atoms with Crippen LogP contribution in [0.3, 0.4) is 0 Å². The smallest absolute Gasteiger partial charge is 0.302 e. The first-order chi connectivity index (χ1) is 15.0. The first-order valence-corrected chi connectivity index (χ1v) is 13.1. The van der Waals surface area contributed by atoms with Gasteiger partial charge in [0.25, 0.3) is 0 Å². The van der Waals surface area contributed by atoms with Gasteiger partial charge in [0.2, 0.25) is 0 Å². The van der Waals surface area contributed by atoms with E-state index in [1.54, 1.807) is 6.92 Å². The van der Waals surface area contributed by atoms with E-state index in [4.69, 9.17) is 4.74 Å². The van der Waals surface area contributed by atoms with Crippen molar-refractivity contribution in [2.24, 2.45) is 28.6 Å². The van der Waals surface area contributed by atoms with Crippen LogP contribution in [0.4, 0.5) is 0 Å². The number of ether oxygens (including phenoxy) is 1. The second kappa shape index (κ2) is 8.57. The van der Waals surface area contributed by atoms with Crippen molar-refractivity contribution in [1.82, 2.24) is 0 Å². The van der Waals surface area contributed by atoms with Gasteiger partial charge >= 0.3 is 5.97 Å². The summed E-state index contributed by atoms with van der Waals surface area (Å²) in [7, 11) is 0. The van der Waals surface area contributed by atoms with E-state index in [2.05, 4.69) is 13.8 Å². The fourth-order valence-electron chi connectivity index (χ4n) is 7.94. The Morgan fingerprint density at radius 1 is 1.16 bits per heavy atom. The molecule has 32 heavy (non-hydrogen) atoms. The summed E-state index contributed by atoms with van der Waals surface area (Å²) in [5.41, 5.74) is 0.339. The Bertz CT molecular complexity index is 836. The van der Waals surface area contributed by atoms with E-state index < -0.39 is 5.60 Å². The molecule has 4 rings (SSSR count). The van der Waals surface area contributed by atoms with Crippen LogP contribution in [0.2, 0.25) is 0 Å². The number of hydrogen-bond acceptors (Lipinski definition) is 6. The average molecular weight is 463 g/mol. The molecule has 0 saturated heterocycles. The lowest BCUT2D eigenvalue weighted by Crippen LogP contribution is -2.57. The topological polar surface area (TPSA) is 80.7 Å². The zero-order valence-corrected chi connectivity index (χ0v) is 20.8. The summed E-state index contributed by atoms with van der Waals surface area (Å²) in [6.45, 7) is 8.03. The molecule has 4 aliphatic carbocycles. The third-order valence-corrected chi connectivity index (χ3v) is 10.8. The molecular formula is C26H38O5S. The van der Waals surface area contributed by atoms with E-state index in [0.29, 0.717) is 43.6 Å². The van der Waals surface area contributed by atoms with E-state index >= 15 is 0 Å². The highest BCUT2D eigenvalue weighted by Crippen LogP contribution is 2.69. The third-order valence-electron chi connectivity index (χ3n) is 9.64. The molecule has 0 radical (unpaired) electrons. The van der Waals surface area contributed by atoms with Crippen LogP contribution in [0.15, 0.2) is 11.6 Å². The normalized spacial score (nSPS) is 43.0. The Morgan fingerprint density at radius 2 is 1.88 bits per heavy atom. The van der Waals surface area contributed by atoms with E-state index in [9.17, 15) is 19.5 Å². The van der Waals surface area contributed by atoms with Crippen molar-refractivity contribution >= 4 is 28.6 Å². The molecule has 0 amide bonds. The van der Waals surface area contributed by atoms with E-state index in [1.807, 2.05) is 6.08 Å². The number of carbonyl (C=O) groups excluding carboxylic acids is 3. The minimum Gasteiger partial charge on any atom is -0.466 e. The summed E-state index contributed by atoms with van der Waals surface area (Å²) in [6, 6.07) is 0. The predicted octanol–water partition coefficient (Wildman–Crippen LogP) is 4.85. The standard InChI is InChI=1S/C26H38O5S/c1-16(27)31-13-5-9-26(30)12-8-21-23-20(7-11-25(21,26)4)24(3)10-6-19(29)14-18(24)15-22(23)32-17(2)28/h14,20-23,30H,5-13,15H2,1-4H3/t20-,21+,22?,23-,24+,25+,26?/m1/s1. The molecule has 0 bridgehead atoms. The number of hydrogen-bond donors (Lipinski definition) is 1. The second-order valence-electron chi connectivity index (χ2n) is 11.2. The molecule has 6 heteroatoms. The van der Waals surface area contributed by atoms with Crippen LogP contribution in [0.5, 0.6) is 0 Å². The van der Waals surface area contributed by atoms with Gasteiger partial charge in [0.1, 0.15) is 0 Å². The van der Waals surface area contributed by atoms with Crippen LogP contribution in [0.1, 0.15) is 85.5 Å². The first-order valence-electron chi connectivity index (χ1n) is 12.3. The number of carbonyl (C=O) groups is 3. The van der Waals surface area contributed by atoms with Crippen LogP contribution >= 0.6 is 11.8 Å². The number of allylic oxidation sites excluding steroid dienone is 1. The summed E-state index contributed by atoms with van der Waals surface area (Å²) >= 11 is 1.46. The molecule has 5 nitrogen and oxygen atoms in total. The van der Waals surface area contributed by atoms with E-state index in [0.717, 1.165) is 38.5 Å². The molecule has 178 valence electrons. The molecule has 0 spiro atoms. The van der Waals surface area contributed by atoms with Gasteiger partial charge in [0, 0.05) is 25.5 Å². The molecular weight excluding hydrogens is 424 g/mol. The molecule has 0 aromatic heterocycles. The SMILES string of the molecule is CC(=O)OCCCC1(O)CC[C@H]2[C@@H]3C(SC(C)=O)CC4=CC(=O)CC[C@]4(C)[C@@H]3CC[C@@]21C. The number of fused-ring (bicyclic) bond motifs is 5. The van der Waals surface area contributed by atoms with Gasteiger partial charge in [-0.15, -0.1) is 0 Å². The third kappa shape index (κ3) is 3.89. The van der Waals surface area contributed by atoms with Crippen molar-refractivity contribution in [3.8, 4) is 0 Å². The van der Waals surface area contributed by atoms with Crippen LogP contribution in [0.25, 0.3) is 0 Å². The van der Waals surface area contributed by atoms with Gasteiger partial charge in [-0.3, -0.25) is 14.4 Å². The second-order valence-corrected chi connectivity index (χ2v) is 12.6. The van der Waals surface area contributed by atoms with Crippen LogP contribution in [0, 0.1) is 28.6 Å². The van der Waals surface area contributed by atoms with Crippen molar-refractivity contribution in [3.63, 3.8) is 0 Å². The number of rotatable bonds is 5. The van der Waals surface area contributed by atoms with Crippen molar-refractivity contribution in [2.45, 2.75) is 96.3 Å². The van der Waals surface area contributed by atoms with Crippen LogP contribution in [-0.2, 0) is 19.1 Å². The van der Waals surface area contributed by atoms with Crippen molar-refractivity contribution in [3.05, 3.63) is 11.6 Å². The molecule has 1 N–H and O–H groups in total. The Hall–Kier alpha value is -1.14. The Kier molecular flexibility index (Phi) is 6.43. The molecule has 4 aliphatic rings. The minimum absolute atomic E-state index is 0.0315. The lowest BCUT2D eigenvalue weighted by Gasteiger charge is -2.61. The number of aliphatic hydroxyl groups is 1. The molecule has 0 aromatic rings. The van der Waals surface area contributed by atoms with Crippen molar-refractivity contribution in [1.29, 1.82) is 0 Å². The first kappa shape index (κ1) is 24.0. The molecule has 0 aliphatic heterocycles. The lowest BCUT2D eigenvalue weighted by molar-refractivity contribution is -0.144. The minimum atomic E-state index is -0.756. The maximum absolute atomic E-state index is 12.2. The number of ketones is 1. The van der Waals surface area contributed by atoms with Crippen molar-refractivity contribution < 1.29 is 24.2 Å². The van der Waals surface area contributed by atoms with Gasteiger partial charge in [-0.2, -0.15) is 0 Å². The van der Waals surface area contributed by atoms with E-state index in [-0.39, 0.29) is 32.9 Å². The van der Waals surface area contributed by atoms with E-state index in [1.165, 1.54) is 24.3 Å². The zero-order chi connectivity index (χ0) is 23.3. The maximum Gasteiger partial charge on any atom is 0.302 e.